The van der Waals surface area contributed by atoms with Gasteiger partial charge in [-0.2, -0.15) is 0 Å². The topological polar surface area (TPSA) is 12.0 Å². The van der Waals surface area contributed by atoms with E-state index in [2.05, 4.69) is 71.1 Å². The van der Waals surface area contributed by atoms with Gasteiger partial charge in [0.1, 0.15) is 0 Å². The van der Waals surface area contributed by atoms with E-state index in [0.717, 1.165) is 6.54 Å². The molecule has 0 aliphatic carbocycles. The van der Waals surface area contributed by atoms with Gasteiger partial charge in [-0.15, -0.1) is 0 Å². The first kappa shape index (κ1) is 14.2. The lowest BCUT2D eigenvalue weighted by atomic mass is 9.85. The van der Waals surface area contributed by atoms with Crippen molar-refractivity contribution in [3.8, 4) is 0 Å². The highest BCUT2D eigenvalue weighted by Gasteiger charge is 2.17. The van der Waals surface area contributed by atoms with Crippen LogP contribution in [0, 0.1) is 5.92 Å². The van der Waals surface area contributed by atoms with Gasteiger partial charge in [-0.25, -0.2) is 0 Å². The molecular formula is C16H27N. The Bertz CT molecular complexity index is 330. The third-order valence-corrected chi connectivity index (χ3v) is 3.23. The standard InChI is InChI=1S/C16H27N/c1-7-17-15(12(2)3)13-8-10-14(11-9-13)16(4,5)6/h8-12,15,17H,7H2,1-6H3. The zero-order valence-corrected chi connectivity index (χ0v) is 12.2. The highest BCUT2D eigenvalue weighted by molar-refractivity contribution is 5.29. The number of rotatable bonds is 4. The third-order valence-electron chi connectivity index (χ3n) is 3.23. The van der Waals surface area contributed by atoms with Crippen LogP contribution in [0.1, 0.15) is 58.7 Å². The van der Waals surface area contributed by atoms with Crippen LogP contribution in [0.4, 0.5) is 0 Å². The number of benzene rings is 1. The van der Waals surface area contributed by atoms with Crippen molar-refractivity contribution < 1.29 is 0 Å². The van der Waals surface area contributed by atoms with Crippen molar-refractivity contribution in [1.29, 1.82) is 0 Å². The van der Waals surface area contributed by atoms with Crippen molar-refractivity contribution in [2.75, 3.05) is 6.54 Å². The lowest BCUT2D eigenvalue weighted by Gasteiger charge is -2.24. The van der Waals surface area contributed by atoms with Crippen molar-refractivity contribution in [1.82, 2.24) is 5.32 Å². The predicted octanol–water partition coefficient (Wildman–Crippen LogP) is 4.29. The maximum Gasteiger partial charge on any atom is 0.0343 e. The molecule has 1 aromatic rings. The molecular weight excluding hydrogens is 206 g/mol. The molecule has 0 saturated heterocycles. The van der Waals surface area contributed by atoms with Crippen LogP contribution in [-0.2, 0) is 5.41 Å². The van der Waals surface area contributed by atoms with Gasteiger partial charge in [0.15, 0.2) is 0 Å². The second kappa shape index (κ2) is 5.68. The van der Waals surface area contributed by atoms with Gasteiger partial charge >= 0.3 is 0 Å². The van der Waals surface area contributed by atoms with Crippen LogP contribution in [0.2, 0.25) is 0 Å². The van der Waals surface area contributed by atoms with Gasteiger partial charge in [0, 0.05) is 6.04 Å². The molecule has 1 aromatic carbocycles. The van der Waals surface area contributed by atoms with E-state index in [9.17, 15) is 0 Å². The van der Waals surface area contributed by atoms with E-state index in [1.807, 2.05) is 0 Å². The quantitative estimate of drug-likeness (QED) is 0.818. The largest absolute Gasteiger partial charge is 0.310 e. The lowest BCUT2D eigenvalue weighted by molar-refractivity contribution is 0.421. The van der Waals surface area contributed by atoms with Crippen LogP contribution in [0.15, 0.2) is 24.3 Å². The fourth-order valence-electron chi connectivity index (χ4n) is 2.15. The second-order valence-corrected chi connectivity index (χ2v) is 6.15. The molecule has 0 heterocycles. The predicted molar refractivity (Wildman–Crippen MR) is 76.4 cm³/mol. The van der Waals surface area contributed by atoms with Crippen molar-refractivity contribution in [2.24, 2.45) is 5.92 Å². The fourth-order valence-corrected chi connectivity index (χ4v) is 2.15. The first-order valence-electron chi connectivity index (χ1n) is 6.70. The van der Waals surface area contributed by atoms with E-state index < -0.39 is 0 Å². The summed E-state index contributed by atoms with van der Waals surface area (Å²) in [4.78, 5) is 0. The molecule has 1 nitrogen and oxygen atoms in total. The summed E-state index contributed by atoms with van der Waals surface area (Å²) >= 11 is 0. The zero-order chi connectivity index (χ0) is 13.1. The number of nitrogens with one attached hydrogen (secondary N) is 1. The van der Waals surface area contributed by atoms with E-state index in [1.165, 1.54) is 11.1 Å². The molecule has 1 unspecified atom stereocenters. The van der Waals surface area contributed by atoms with Crippen molar-refractivity contribution in [3.05, 3.63) is 35.4 Å². The summed E-state index contributed by atoms with van der Waals surface area (Å²) in [5.41, 5.74) is 3.04. The first-order valence-corrected chi connectivity index (χ1v) is 6.70. The molecule has 1 heteroatoms. The van der Waals surface area contributed by atoms with Gasteiger partial charge in [0.25, 0.3) is 0 Å². The summed E-state index contributed by atoms with van der Waals surface area (Å²) in [5, 5.41) is 3.56. The van der Waals surface area contributed by atoms with Crippen LogP contribution >= 0.6 is 0 Å². The van der Waals surface area contributed by atoms with Crippen molar-refractivity contribution >= 4 is 0 Å². The Balaban J connectivity index is 2.92. The van der Waals surface area contributed by atoms with E-state index in [-0.39, 0.29) is 5.41 Å². The summed E-state index contributed by atoms with van der Waals surface area (Å²) in [5.74, 6) is 0.621. The normalized spacial score (nSPS) is 14.1. The molecule has 0 fully saturated rings. The van der Waals surface area contributed by atoms with E-state index in [4.69, 9.17) is 0 Å². The molecule has 1 atom stereocenters. The molecule has 0 spiro atoms. The Labute approximate surface area is 107 Å². The van der Waals surface area contributed by atoms with Crippen molar-refractivity contribution in [3.63, 3.8) is 0 Å². The average molecular weight is 233 g/mol. The second-order valence-electron chi connectivity index (χ2n) is 6.15. The maximum atomic E-state index is 3.56. The van der Waals surface area contributed by atoms with Crippen LogP contribution < -0.4 is 5.32 Å². The fraction of sp³-hybridized carbons (Fsp3) is 0.625. The zero-order valence-electron chi connectivity index (χ0n) is 12.2. The monoisotopic (exact) mass is 233 g/mol. The maximum absolute atomic E-state index is 3.56. The minimum absolute atomic E-state index is 0.240. The molecule has 0 amide bonds. The minimum atomic E-state index is 0.240. The van der Waals surface area contributed by atoms with Gasteiger partial charge in [-0.3, -0.25) is 0 Å². The van der Waals surface area contributed by atoms with E-state index in [1.54, 1.807) is 0 Å². The highest BCUT2D eigenvalue weighted by atomic mass is 14.9. The van der Waals surface area contributed by atoms with Gasteiger partial charge in [-0.05, 0) is 29.0 Å². The summed E-state index contributed by atoms with van der Waals surface area (Å²) in [6, 6.07) is 9.54. The summed E-state index contributed by atoms with van der Waals surface area (Å²) in [7, 11) is 0. The molecule has 0 aromatic heterocycles. The smallest absolute Gasteiger partial charge is 0.0343 e. The molecule has 0 aliphatic rings. The summed E-state index contributed by atoms with van der Waals surface area (Å²) < 4.78 is 0. The summed E-state index contributed by atoms with van der Waals surface area (Å²) in [6.07, 6.45) is 0. The third kappa shape index (κ3) is 3.85. The molecule has 0 radical (unpaired) electrons. The van der Waals surface area contributed by atoms with Gasteiger partial charge < -0.3 is 5.32 Å². The van der Waals surface area contributed by atoms with Crippen LogP contribution in [-0.4, -0.2) is 6.54 Å². The van der Waals surface area contributed by atoms with Crippen LogP contribution in [0.3, 0.4) is 0 Å². The molecule has 0 bridgehead atoms. The van der Waals surface area contributed by atoms with E-state index >= 15 is 0 Å². The van der Waals surface area contributed by atoms with Crippen molar-refractivity contribution in [2.45, 2.75) is 53.0 Å². The molecule has 1 N–H and O–H groups in total. The molecule has 96 valence electrons. The van der Waals surface area contributed by atoms with Crippen LogP contribution in [0.25, 0.3) is 0 Å². The van der Waals surface area contributed by atoms with Gasteiger partial charge in [0.05, 0.1) is 0 Å². The Kier molecular flexibility index (Phi) is 4.76. The van der Waals surface area contributed by atoms with Crippen LogP contribution in [0.5, 0.6) is 0 Å². The Morgan fingerprint density at radius 2 is 1.59 bits per heavy atom. The number of hydrogen-bond donors (Lipinski definition) is 1. The lowest BCUT2D eigenvalue weighted by Crippen LogP contribution is -2.25. The van der Waals surface area contributed by atoms with Gasteiger partial charge in [-0.1, -0.05) is 65.8 Å². The Morgan fingerprint density at radius 3 is 1.94 bits per heavy atom. The highest BCUT2D eigenvalue weighted by Crippen LogP contribution is 2.26. The number of hydrogen-bond acceptors (Lipinski definition) is 1. The SMILES string of the molecule is CCNC(c1ccc(C(C)(C)C)cc1)C(C)C. The van der Waals surface area contributed by atoms with E-state index in [0.29, 0.717) is 12.0 Å². The first-order chi connectivity index (χ1) is 7.86. The average Bonchev–Trinajstić information content (AvgIpc) is 2.24. The Morgan fingerprint density at radius 1 is 1.06 bits per heavy atom. The van der Waals surface area contributed by atoms with Gasteiger partial charge in [0.2, 0.25) is 0 Å². The molecule has 0 aliphatic heterocycles. The summed E-state index contributed by atoms with van der Waals surface area (Å²) in [6.45, 7) is 14.5. The molecule has 17 heavy (non-hydrogen) atoms. The molecule has 0 saturated carbocycles. The minimum Gasteiger partial charge on any atom is -0.310 e. The Hall–Kier alpha value is -0.820. The molecule has 1 rings (SSSR count).